The van der Waals surface area contributed by atoms with Crippen LogP contribution < -0.4 is 4.31 Å². The summed E-state index contributed by atoms with van der Waals surface area (Å²) in [6, 6.07) is 4.07. The van der Waals surface area contributed by atoms with Gasteiger partial charge in [-0.05, 0) is 18.2 Å². The van der Waals surface area contributed by atoms with Gasteiger partial charge in [0.15, 0.2) is 0 Å². The summed E-state index contributed by atoms with van der Waals surface area (Å²) in [6.45, 7) is 0. The van der Waals surface area contributed by atoms with Crippen LogP contribution in [0.25, 0.3) is 0 Å². The van der Waals surface area contributed by atoms with E-state index in [4.69, 9.17) is 23.2 Å². The van der Waals surface area contributed by atoms with Gasteiger partial charge in [-0.25, -0.2) is 4.98 Å². The van der Waals surface area contributed by atoms with Gasteiger partial charge in [-0.3, -0.25) is 4.55 Å². The van der Waals surface area contributed by atoms with Crippen LogP contribution in [0.3, 0.4) is 0 Å². The summed E-state index contributed by atoms with van der Waals surface area (Å²) in [6.07, 6.45) is 2.18. The molecule has 1 N–H and O–H groups in total. The van der Waals surface area contributed by atoms with Gasteiger partial charge in [-0.2, -0.15) is 22.7 Å². The molecule has 10 heteroatoms. The molecule has 0 saturated heterocycles. The summed E-state index contributed by atoms with van der Waals surface area (Å²) in [7, 11) is -4.65. The lowest BCUT2D eigenvalue weighted by Crippen LogP contribution is -2.27. The van der Waals surface area contributed by atoms with E-state index in [0.717, 1.165) is 12.7 Å². The molecule has 0 unspecified atom stereocenters. The van der Waals surface area contributed by atoms with Gasteiger partial charge in [-0.1, -0.05) is 23.2 Å². The van der Waals surface area contributed by atoms with E-state index in [-0.39, 0.29) is 16.7 Å². The molecule has 0 amide bonds. The Morgan fingerprint density at radius 2 is 1.79 bits per heavy atom. The second kappa shape index (κ2) is 5.25. The van der Waals surface area contributed by atoms with Crippen molar-refractivity contribution in [3.05, 3.63) is 40.9 Å². The predicted molar refractivity (Wildman–Crippen MR) is 70.0 cm³/mol. The van der Waals surface area contributed by atoms with Crippen LogP contribution in [0.2, 0.25) is 10.0 Å². The van der Waals surface area contributed by atoms with Gasteiger partial charge in [0.2, 0.25) is 5.95 Å². The number of benzene rings is 1. The lowest BCUT2D eigenvalue weighted by Gasteiger charge is -2.19. The molecule has 19 heavy (non-hydrogen) atoms. The van der Waals surface area contributed by atoms with Crippen molar-refractivity contribution in [3.8, 4) is 0 Å². The molecule has 0 atom stereocenters. The molecule has 0 bridgehead atoms. The molecule has 0 saturated carbocycles. The highest BCUT2D eigenvalue weighted by Crippen LogP contribution is 2.33. The number of nitrogens with zero attached hydrogens (tertiary/aromatic N) is 4. The lowest BCUT2D eigenvalue weighted by molar-refractivity contribution is 0.482. The maximum absolute atomic E-state index is 11.5. The Morgan fingerprint density at radius 1 is 1.16 bits per heavy atom. The van der Waals surface area contributed by atoms with Crippen molar-refractivity contribution in [2.24, 2.45) is 0 Å². The van der Waals surface area contributed by atoms with Crippen LogP contribution in [-0.2, 0) is 10.3 Å². The monoisotopic (exact) mass is 320 g/mol. The topological polar surface area (TPSA) is 96.3 Å². The maximum Gasteiger partial charge on any atom is 0.366 e. The van der Waals surface area contributed by atoms with Crippen molar-refractivity contribution >= 4 is 45.1 Å². The zero-order chi connectivity index (χ0) is 14.0. The zero-order valence-electron chi connectivity index (χ0n) is 9.10. The number of aromatic nitrogens is 3. The molecule has 0 radical (unpaired) electrons. The van der Waals surface area contributed by atoms with Gasteiger partial charge < -0.3 is 0 Å². The Morgan fingerprint density at radius 3 is 2.32 bits per heavy atom. The first-order valence-electron chi connectivity index (χ1n) is 4.74. The van der Waals surface area contributed by atoms with E-state index in [2.05, 4.69) is 15.0 Å². The van der Waals surface area contributed by atoms with Gasteiger partial charge in [0.25, 0.3) is 0 Å². The third kappa shape index (κ3) is 3.10. The van der Waals surface area contributed by atoms with Crippen molar-refractivity contribution < 1.29 is 13.0 Å². The molecule has 1 aromatic heterocycles. The molecule has 7 nitrogen and oxygen atoms in total. The van der Waals surface area contributed by atoms with Crippen molar-refractivity contribution in [2.45, 2.75) is 0 Å². The number of anilines is 2. The third-order valence-electron chi connectivity index (χ3n) is 2.02. The average molecular weight is 321 g/mol. The Hall–Kier alpha value is -1.48. The summed E-state index contributed by atoms with van der Waals surface area (Å²) >= 11 is 11.6. The molecule has 0 aliphatic carbocycles. The van der Waals surface area contributed by atoms with Gasteiger partial charge in [-0.15, -0.1) is 0 Å². The van der Waals surface area contributed by atoms with Crippen LogP contribution in [0.5, 0.6) is 0 Å². The van der Waals surface area contributed by atoms with Crippen LogP contribution >= 0.6 is 23.2 Å². The SMILES string of the molecule is O=S(=O)(O)N(c1ncncn1)c1ccc(Cl)cc1Cl. The number of hydrogen-bond donors (Lipinski definition) is 1. The molecular formula is C9H6Cl2N4O3S. The smallest absolute Gasteiger partial charge is 0.269 e. The van der Waals surface area contributed by atoms with Gasteiger partial charge in [0.1, 0.15) is 12.7 Å². The van der Waals surface area contributed by atoms with E-state index < -0.39 is 10.3 Å². The van der Waals surface area contributed by atoms with E-state index in [9.17, 15) is 13.0 Å². The molecule has 100 valence electrons. The molecule has 0 fully saturated rings. The van der Waals surface area contributed by atoms with Crippen LogP contribution in [0, 0.1) is 0 Å². The van der Waals surface area contributed by atoms with Gasteiger partial charge in [0, 0.05) is 5.02 Å². The highest BCUT2D eigenvalue weighted by molar-refractivity contribution is 7.87. The minimum atomic E-state index is -4.65. The summed E-state index contributed by atoms with van der Waals surface area (Å²) in [4.78, 5) is 10.9. The van der Waals surface area contributed by atoms with Crippen molar-refractivity contribution in [1.82, 2.24) is 15.0 Å². The first kappa shape index (κ1) is 13.9. The van der Waals surface area contributed by atoms with E-state index in [1.54, 1.807) is 0 Å². The molecular weight excluding hydrogens is 315 g/mol. The third-order valence-corrected chi connectivity index (χ3v) is 3.38. The Kier molecular flexibility index (Phi) is 3.85. The molecule has 2 aromatic rings. The molecule has 1 heterocycles. The standard InChI is InChI=1S/C9H6Cl2N4O3S/c10-6-1-2-8(7(11)3-6)15(19(16,17)18)9-13-4-12-5-14-9/h1-5H,(H,16,17,18). The highest BCUT2D eigenvalue weighted by Gasteiger charge is 2.26. The number of halogens is 2. The Labute approximate surface area is 118 Å². The van der Waals surface area contributed by atoms with E-state index in [1.165, 1.54) is 18.2 Å². The summed E-state index contributed by atoms with van der Waals surface area (Å²) in [5, 5.41) is 0.338. The van der Waals surface area contributed by atoms with Crippen LogP contribution in [0.1, 0.15) is 0 Å². The Bertz CT molecular complexity index is 696. The molecule has 0 aliphatic heterocycles. The minimum absolute atomic E-state index is 0.0190. The van der Waals surface area contributed by atoms with Crippen LogP contribution in [0.4, 0.5) is 11.6 Å². The van der Waals surface area contributed by atoms with E-state index in [0.29, 0.717) is 9.33 Å². The second-order valence-corrected chi connectivity index (χ2v) is 5.38. The maximum atomic E-state index is 11.5. The lowest BCUT2D eigenvalue weighted by atomic mass is 10.3. The van der Waals surface area contributed by atoms with Crippen molar-refractivity contribution in [3.63, 3.8) is 0 Å². The first-order valence-corrected chi connectivity index (χ1v) is 6.89. The molecule has 1 aromatic carbocycles. The zero-order valence-corrected chi connectivity index (χ0v) is 11.4. The second-order valence-electron chi connectivity index (χ2n) is 3.28. The van der Waals surface area contributed by atoms with Gasteiger partial charge in [0.05, 0.1) is 10.7 Å². The van der Waals surface area contributed by atoms with Crippen molar-refractivity contribution in [1.29, 1.82) is 0 Å². The molecule has 2 rings (SSSR count). The van der Waals surface area contributed by atoms with Crippen LogP contribution in [-0.4, -0.2) is 27.9 Å². The fourth-order valence-electron chi connectivity index (χ4n) is 1.32. The van der Waals surface area contributed by atoms with Gasteiger partial charge >= 0.3 is 10.3 Å². The number of hydrogen-bond acceptors (Lipinski definition) is 5. The van der Waals surface area contributed by atoms with E-state index >= 15 is 0 Å². The quantitative estimate of drug-likeness (QED) is 0.870. The first-order chi connectivity index (χ1) is 8.89. The van der Waals surface area contributed by atoms with Crippen molar-refractivity contribution in [2.75, 3.05) is 4.31 Å². The predicted octanol–water partition coefficient (Wildman–Crippen LogP) is 2.12. The van der Waals surface area contributed by atoms with E-state index in [1.807, 2.05) is 0 Å². The average Bonchev–Trinajstić information content (AvgIpc) is 2.32. The summed E-state index contributed by atoms with van der Waals surface area (Å²) in [5.41, 5.74) is -0.0280. The highest BCUT2D eigenvalue weighted by atomic mass is 35.5. The van der Waals surface area contributed by atoms with Crippen LogP contribution in [0.15, 0.2) is 30.9 Å². The summed E-state index contributed by atoms with van der Waals surface area (Å²) in [5.74, 6) is -0.290. The number of rotatable bonds is 3. The minimum Gasteiger partial charge on any atom is -0.269 e. The largest absolute Gasteiger partial charge is 0.366 e. The molecule has 0 aliphatic rings. The fourth-order valence-corrected chi connectivity index (χ4v) is 2.57. The normalized spacial score (nSPS) is 11.3. The fraction of sp³-hybridized carbons (Fsp3) is 0. The Balaban J connectivity index is 2.63. The summed E-state index contributed by atoms with van der Waals surface area (Å²) < 4.78 is 32.7. The molecule has 0 spiro atoms.